The number of nitrogens with one attached hydrogen (secondary N) is 2. The minimum absolute atomic E-state index is 0.0343. The summed E-state index contributed by atoms with van der Waals surface area (Å²) in [4.78, 5) is 17.5. The molecule has 1 aromatic heterocycles. The van der Waals surface area contributed by atoms with Crippen LogP contribution >= 0.6 is 22.9 Å². The van der Waals surface area contributed by atoms with Crippen LogP contribution in [-0.4, -0.2) is 25.9 Å². The van der Waals surface area contributed by atoms with E-state index in [1.165, 1.54) is 47.7 Å². The quantitative estimate of drug-likeness (QED) is 0.305. The van der Waals surface area contributed by atoms with Crippen molar-refractivity contribution >= 4 is 49.7 Å². The number of nitrogens with zero attached hydrogens (tertiary/aromatic N) is 1. The normalized spacial score (nSPS) is 11.1. The third-order valence-electron chi connectivity index (χ3n) is 4.73. The summed E-state index contributed by atoms with van der Waals surface area (Å²) in [6.07, 6.45) is 0. The molecule has 0 aliphatic heterocycles. The standard InChI is InChI=1S/C24H20ClN3O4S2/c1-2-32-18-11-7-16(8-12-18)22-15-33-24(26-22)27-23(29)20-5-3-4-6-21(20)28-34(30,31)19-13-9-17(25)10-14-19/h3-15,28H,2H2,1H3,(H,26,27,29). The third-order valence-corrected chi connectivity index (χ3v) is 7.12. The van der Waals surface area contributed by atoms with Crippen molar-refractivity contribution in [3.8, 4) is 17.0 Å². The fourth-order valence-corrected chi connectivity index (χ4v) is 5.02. The lowest BCUT2D eigenvalue weighted by Crippen LogP contribution is -2.18. The van der Waals surface area contributed by atoms with E-state index in [1.807, 2.05) is 36.6 Å². The maximum absolute atomic E-state index is 13.0. The van der Waals surface area contributed by atoms with E-state index in [2.05, 4.69) is 15.0 Å². The molecule has 0 atom stereocenters. The Morgan fingerprint density at radius 2 is 1.74 bits per heavy atom. The second-order valence-electron chi connectivity index (χ2n) is 7.05. The number of carbonyl (C=O) groups excluding carboxylic acids is 1. The monoisotopic (exact) mass is 513 g/mol. The van der Waals surface area contributed by atoms with Crippen LogP contribution in [0.5, 0.6) is 5.75 Å². The fraction of sp³-hybridized carbons (Fsp3) is 0.0833. The number of carbonyl (C=O) groups is 1. The van der Waals surface area contributed by atoms with E-state index in [1.54, 1.807) is 12.1 Å². The molecule has 2 N–H and O–H groups in total. The molecule has 0 saturated heterocycles. The van der Waals surface area contributed by atoms with Gasteiger partial charge in [-0.15, -0.1) is 11.3 Å². The van der Waals surface area contributed by atoms with E-state index < -0.39 is 15.9 Å². The number of benzene rings is 3. The minimum Gasteiger partial charge on any atom is -0.494 e. The van der Waals surface area contributed by atoms with Gasteiger partial charge in [-0.1, -0.05) is 23.7 Å². The number of rotatable bonds is 8. The molecule has 10 heteroatoms. The highest BCUT2D eigenvalue weighted by Gasteiger charge is 2.19. The van der Waals surface area contributed by atoms with E-state index >= 15 is 0 Å². The number of hydrogen-bond donors (Lipinski definition) is 2. The zero-order valence-corrected chi connectivity index (χ0v) is 20.4. The van der Waals surface area contributed by atoms with Crippen molar-refractivity contribution in [1.82, 2.24) is 4.98 Å². The smallest absolute Gasteiger partial charge is 0.261 e. The number of aromatic nitrogens is 1. The lowest BCUT2D eigenvalue weighted by atomic mass is 10.1. The number of ether oxygens (including phenoxy) is 1. The van der Waals surface area contributed by atoms with Crippen molar-refractivity contribution < 1.29 is 17.9 Å². The molecule has 0 unspecified atom stereocenters. The molecule has 4 rings (SSSR count). The number of anilines is 2. The maximum Gasteiger partial charge on any atom is 0.261 e. The minimum atomic E-state index is -3.91. The van der Waals surface area contributed by atoms with Crippen molar-refractivity contribution in [2.75, 3.05) is 16.6 Å². The molecule has 1 heterocycles. The fourth-order valence-electron chi connectivity index (χ4n) is 3.10. The van der Waals surface area contributed by atoms with Crippen LogP contribution < -0.4 is 14.8 Å². The van der Waals surface area contributed by atoms with E-state index in [-0.39, 0.29) is 16.1 Å². The molecule has 34 heavy (non-hydrogen) atoms. The Bertz CT molecular complexity index is 1400. The van der Waals surface area contributed by atoms with Crippen LogP contribution in [0.2, 0.25) is 5.02 Å². The SMILES string of the molecule is CCOc1ccc(-c2csc(NC(=O)c3ccccc3NS(=O)(=O)c3ccc(Cl)cc3)n2)cc1. The summed E-state index contributed by atoms with van der Waals surface area (Å²) >= 11 is 7.12. The van der Waals surface area contributed by atoms with Gasteiger partial charge in [0.25, 0.3) is 15.9 Å². The van der Waals surface area contributed by atoms with Crippen molar-refractivity contribution in [3.05, 3.63) is 88.8 Å². The van der Waals surface area contributed by atoms with E-state index in [0.29, 0.717) is 22.5 Å². The van der Waals surface area contributed by atoms with Gasteiger partial charge in [0, 0.05) is 16.0 Å². The Kier molecular flexibility index (Phi) is 7.16. The first-order chi connectivity index (χ1) is 16.4. The number of para-hydroxylation sites is 1. The third kappa shape index (κ3) is 5.56. The number of thiazole rings is 1. The summed E-state index contributed by atoms with van der Waals surface area (Å²) < 4.78 is 33.5. The van der Waals surface area contributed by atoms with Crippen LogP contribution in [0.4, 0.5) is 10.8 Å². The molecule has 0 radical (unpaired) electrons. The molecule has 4 aromatic rings. The molecule has 1 amide bonds. The average Bonchev–Trinajstić information content (AvgIpc) is 3.28. The van der Waals surface area contributed by atoms with Crippen LogP contribution in [0.1, 0.15) is 17.3 Å². The molecule has 0 aliphatic carbocycles. The molecule has 174 valence electrons. The Morgan fingerprint density at radius 3 is 2.44 bits per heavy atom. The molecule has 3 aromatic carbocycles. The molecule has 0 saturated carbocycles. The lowest BCUT2D eigenvalue weighted by Gasteiger charge is -2.12. The van der Waals surface area contributed by atoms with Gasteiger partial charge in [-0.05, 0) is 67.6 Å². The Morgan fingerprint density at radius 1 is 1.03 bits per heavy atom. The first kappa shape index (κ1) is 23.7. The van der Waals surface area contributed by atoms with Gasteiger partial charge >= 0.3 is 0 Å². The van der Waals surface area contributed by atoms with Gasteiger partial charge in [-0.25, -0.2) is 13.4 Å². The largest absolute Gasteiger partial charge is 0.494 e. The number of sulfonamides is 1. The summed E-state index contributed by atoms with van der Waals surface area (Å²) in [6, 6.07) is 19.6. The first-order valence-electron chi connectivity index (χ1n) is 10.2. The zero-order chi connectivity index (χ0) is 24.1. The van der Waals surface area contributed by atoms with Crippen LogP contribution in [0, 0.1) is 0 Å². The molecule has 0 aliphatic rings. The zero-order valence-electron chi connectivity index (χ0n) is 18.0. The highest BCUT2D eigenvalue weighted by Crippen LogP contribution is 2.28. The second kappa shape index (κ2) is 10.3. The molecular weight excluding hydrogens is 494 g/mol. The predicted molar refractivity (Wildman–Crippen MR) is 135 cm³/mol. The molecule has 0 fully saturated rings. The first-order valence-corrected chi connectivity index (χ1v) is 13.0. The summed E-state index contributed by atoms with van der Waals surface area (Å²) in [5.74, 6) is 0.287. The van der Waals surface area contributed by atoms with Gasteiger partial charge < -0.3 is 4.74 Å². The van der Waals surface area contributed by atoms with E-state index in [0.717, 1.165) is 11.3 Å². The highest BCUT2D eigenvalue weighted by atomic mass is 35.5. The van der Waals surface area contributed by atoms with Gasteiger partial charge in [0.2, 0.25) is 0 Å². The van der Waals surface area contributed by atoms with E-state index in [4.69, 9.17) is 16.3 Å². The van der Waals surface area contributed by atoms with Crippen LogP contribution in [-0.2, 0) is 10.0 Å². The summed E-state index contributed by atoms with van der Waals surface area (Å²) in [7, 11) is -3.91. The lowest BCUT2D eigenvalue weighted by molar-refractivity contribution is 0.102. The van der Waals surface area contributed by atoms with Gasteiger partial charge in [-0.2, -0.15) is 0 Å². The summed E-state index contributed by atoms with van der Waals surface area (Å²) in [5.41, 5.74) is 1.91. The van der Waals surface area contributed by atoms with Crippen LogP contribution in [0.25, 0.3) is 11.3 Å². The number of amides is 1. The van der Waals surface area contributed by atoms with Crippen molar-refractivity contribution in [3.63, 3.8) is 0 Å². The number of hydrogen-bond acceptors (Lipinski definition) is 6. The van der Waals surface area contributed by atoms with Crippen molar-refractivity contribution in [2.45, 2.75) is 11.8 Å². The topological polar surface area (TPSA) is 97.4 Å². The number of halogens is 1. The van der Waals surface area contributed by atoms with Crippen molar-refractivity contribution in [2.24, 2.45) is 0 Å². The van der Waals surface area contributed by atoms with Crippen LogP contribution in [0.15, 0.2) is 83.1 Å². The highest BCUT2D eigenvalue weighted by molar-refractivity contribution is 7.92. The van der Waals surface area contributed by atoms with Crippen LogP contribution in [0.3, 0.4) is 0 Å². The van der Waals surface area contributed by atoms with Crippen molar-refractivity contribution in [1.29, 1.82) is 0 Å². The van der Waals surface area contributed by atoms with Gasteiger partial charge in [-0.3, -0.25) is 14.8 Å². The average molecular weight is 514 g/mol. The second-order valence-corrected chi connectivity index (χ2v) is 10.0. The maximum atomic E-state index is 13.0. The van der Waals surface area contributed by atoms with E-state index in [9.17, 15) is 13.2 Å². The molecule has 7 nitrogen and oxygen atoms in total. The van der Waals surface area contributed by atoms with Gasteiger partial charge in [0.05, 0.1) is 28.4 Å². The van der Waals surface area contributed by atoms with Gasteiger partial charge in [0.1, 0.15) is 5.75 Å². The summed E-state index contributed by atoms with van der Waals surface area (Å²) in [5, 5.41) is 5.39. The Balaban J connectivity index is 1.51. The summed E-state index contributed by atoms with van der Waals surface area (Å²) in [6.45, 7) is 2.51. The Labute approximate surface area is 206 Å². The molecule has 0 bridgehead atoms. The van der Waals surface area contributed by atoms with Gasteiger partial charge in [0.15, 0.2) is 5.13 Å². The predicted octanol–water partition coefficient (Wildman–Crippen LogP) is 5.92. The molecular formula is C24H20ClN3O4S2. The Hall–Kier alpha value is -3.40. The molecule has 0 spiro atoms.